The van der Waals surface area contributed by atoms with Crippen molar-refractivity contribution in [3.05, 3.63) is 45.9 Å². The van der Waals surface area contributed by atoms with Crippen molar-refractivity contribution >= 4 is 23.2 Å². The maximum Gasteiger partial charge on any atom is 0.228 e. The highest BCUT2D eigenvalue weighted by Gasteiger charge is 2.32. The van der Waals surface area contributed by atoms with E-state index in [0.717, 1.165) is 29.3 Å². The van der Waals surface area contributed by atoms with Crippen molar-refractivity contribution in [1.82, 2.24) is 14.8 Å². The molecule has 1 aliphatic carbocycles. The van der Waals surface area contributed by atoms with Crippen molar-refractivity contribution in [2.45, 2.75) is 39.2 Å². The average molecular weight is 414 g/mol. The van der Waals surface area contributed by atoms with Crippen molar-refractivity contribution in [2.75, 3.05) is 26.2 Å². The largest absolute Gasteiger partial charge is 0.486 e. The van der Waals surface area contributed by atoms with Crippen LogP contribution >= 0.6 is 11.3 Å². The lowest BCUT2D eigenvalue weighted by Gasteiger charge is -2.38. The van der Waals surface area contributed by atoms with Gasteiger partial charge in [-0.1, -0.05) is 24.1 Å². The molecule has 1 aromatic carbocycles. The quantitative estimate of drug-likeness (QED) is 0.730. The Kier molecular flexibility index (Phi) is 6.13. The molecule has 0 spiro atoms. The molecule has 2 heterocycles. The number of benzene rings is 1. The van der Waals surface area contributed by atoms with Gasteiger partial charge in [0, 0.05) is 37.5 Å². The fraction of sp³-hybridized carbons (Fsp3) is 0.500. The van der Waals surface area contributed by atoms with Crippen LogP contribution in [0.25, 0.3) is 0 Å². The van der Waals surface area contributed by atoms with E-state index in [1.54, 1.807) is 0 Å². The summed E-state index contributed by atoms with van der Waals surface area (Å²) in [4.78, 5) is 33.3. The van der Waals surface area contributed by atoms with Gasteiger partial charge in [-0.2, -0.15) is 0 Å². The van der Waals surface area contributed by atoms with Crippen molar-refractivity contribution in [2.24, 2.45) is 5.92 Å². The number of nitrogens with zero attached hydrogens (tertiary/aromatic N) is 3. The number of piperazine rings is 1. The molecule has 2 fully saturated rings. The van der Waals surface area contributed by atoms with Crippen molar-refractivity contribution < 1.29 is 14.3 Å². The predicted molar refractivity (Wildman–Crippen MR) is 112 cm³/mol. The second-order valence-electron chi connectivity index (χ2n) is 7.84. The zero-order chi connectivity index (χ0) is 20.2. The van der Waals surface area contributed by atoms with Crippen LogP contribution in [0.4, 0.5) is 0 Å². The van der Waals surface area contributed by atoms with Crippen LogP contribution in [-0.4, -0.2) is 52.8 Å². The van der Waals surface area contributed by atoms with Crippen molar-refractivity contribution in [1.29, 1.82) is 0 Å². The fourth-order valence-corrected chi connectivity index (χ4v) is 4.34. The van der Waals surface area contributed by atoms with Crippen LogP contribution in [0, 0.1) is 12.8 Å². The standard InChI is InChI=1S/C22H27N3O3S/c1-16-5-7-19(8-6-16)28-14-20-23-18(15-29-20)13-21(26)24-9-11-25(12-10-24)22(27)17-3-2-4-17/h5-8,15,17H,2-4,9-14H2,1H3. The smallest absolute Gasteiger partial charge is 0.228 e. The third-order valence-corrected chi connectivity index (χ3v) is 6.58. The van der Waals surface area contributed by atoms with E-state index in [9.17, 15) is 9.59 Å². The molecule has 7 heteroatoms. The minimum absolute atomic E-state index is 0.0806. The second kappa shape index (κ2) is 8.95. The number of hydrogen-bond acceptors (Lipinski definition) is 5. The van der Waals surface area contributed by atoms with Gasteiger partial charge in [0.15, 0.2) is 0 Å². The van der Waals surface area contributed by atoms with E-state index >= 15 is 0 Å². The summed E-state index contributed by atoms with van der Waals surface area (Å²) in [5.41, 5.74) is 1.98. The Balaban J connectivity index is 1.23. The van der Waals surface area contributed by atoms with Gasteiger partial charge < -0.3 is 14.5 Å². The number of aromatic nitrogens is 1. The molecule has 0 N–H and O–H groups in total. The van der Waals surface area contributed by atoms with Gasteiger partial charge in [0.1, 0.15) is 17.4 Å². The monoisotopic (exact) mass is 413 g/mol. The zero-order valence-electron chi connectivity index (χ0n) is 16.8. The molecule has 29 heavy (non-hydrogen) atoms. The number of aryl methyl sites for hydroxylation is 1. The first kappa shape index (κ1) is 19.9. The molecule has 2 aromatic rings. The second-order valence-corrected chi connectivity index (χ2v) is 8.79. The van der Waals surface area contributed by atoms with E-state index < -0.39 is 0 Å². The summed E-state index contributed by atoms with van der Waals surface area (Å²) in [5.74, 6) is 1.41. The highest BCUT2D eigenvalue weighted by molar-refractivity contribution is 7.09. The minimum atomic E-state index is 0.0806. The predicted octanol–water partition coefficient (Wildman–Crippen LogP) is 3.04. The third-order valence-electron chi connectivity index (χ3n) is 5.71. The van der Waals surface area contributed by atoms with Crippen LogP contribution in [0.2, 0.25) is 0 Å². The normalized spacial score (nSPS) is 17.1. The van der Waals surface area contributed by atoms with Crippen LogP contribution in [0.3, 0.4) is 0 Å². The number of thiazole rings is 1. The Bertz CT molecular complexity index is 852. The van der Waals surface area contributed by atoms with Crippen LogP contribution < -0.4 is 4.74 Å². The van der Waals surface area contributed by atoms with E-state index in [0.29, 0.717) is 39.2 Å². The highest BCUT2D eigenvalue weighted by Crippen LogP contribution is 2.28. The number of carbonyl (C=O) groups excluding carboxylic acids is 2. The Hall–Kier alpha value is -2.41. The molecule has 0 radical (unpaired) electrons. The van der Waals surface area contributed by atoms with E-state index in [1.807, 2.05) is 46.4 Å². The first-order valence-corrected chi connectivity index (χ1v) is 11.2. The van der Waals surface area contributed by atoms with Crippen molar-refractivity contribution in [3.63, 3.8) is 0 Å². The molecule has 2 amide bonds. The van der Waals surface area contributed by atoms with Crippen LogP contribution in [0.5, 0.6) is 5.75 Å². The summed E-state index contributed by atoms with van der Waals surface area (Å²) in [6.07, 6.45) is 3.52. The summed E-state index contributed by atoms with van der Waals surface area (Å²) < 4.78 is 5.76. The van der Waals surface area contributed by atoms with E-state index in [-0.39, 0.29) is 17.7 Å². The molecule has 1 saturated heterocycles. The minimum Gasteiger partial charge on any atom is -0.486 e. The van der Waals surface area contributed by atoms with Crippen LogP contribution in [-0.2, 0) is 22.6 Å². The van der Waals surface area contributed by atoms with Gasteiger partial charge >= 0.3 is 0 Å². The van der Waals surface area contributed by atoms with Crippen molar-refractivity contribution in [3.8, 4) is 5.75 Å². The Morgan fingerprint density at radius 3 is 2.45 bits per heavy atom. The summed E-state index contributed by atoms with van der Waals surface area (Å²) >= 11 is 1.52. The summed E-state index contributed by atoms with van der Waals surface area (Å²) in [6.45, 7) is 4.97. The third kappa shape index (κ3) is 4.96. The van der Waals surface area contributed by atoms with E-state index in [4.69, 9.17) is 4.74 Å². The molecule has 0 atom stereocenters. The lowest BCUT2D eigenvalue weighted by Crippen LogP contribution is -2.52. The highest BCUT2D eigenvalue weighted by atomic mass is 32.1. The maximum absolute atomic E-state index is 12.6. The molecule has 1 aliphatic heterocycles. The molecule has 0 bridgehead atoms. The molecular formula is C22H27N3O3S. The van der Waals surface area contributed by atoms with E-state index in [1.165, 1.54) is 23.3 Å². The lowest BCUT2D eigenvalue weighted by molar-refractivity contribution is -0.143. The maximum atomic E-state index is 12.6. The SMILES string of the molecule is Cc1ccc(OCc2nc(CC(=O)N3CCN(C(=O)C4CCC4)CC3)cs2)cc1. The number of rotatable bonds is 6. The van der Waals surface area contributed by atoms with E-state index in [2.05, 4.69) is 4.98 Å². The Morgan fingerprint density at radius 1 is 1.10 bits per heavy atom. The van der Waals surface area contributed by atoms with Gasteiger partial charge in [-0.15, -0.1) is 11.3 Å². The topological polar surface area (TPSA) is 62.7 Å². The van der Waals surface area contributed by atoms with Gasteiger partial charge in [-0.05, 0) is 31.9 Å². The van der Waals surface area contributed by atoms with Gasteiger partial charge in [0.05, 0.1) is 12.1 Å². The molecule has 1 aromatic heterocycles. The number of hydrogen-bond donors (Lipinski definition) is 0. The molecule has 6 nitrogen and oxygen atoms in total. The van der Waals surface area contributed by atoms with Gasteiger partial charge in [0.25, 0.3) is 0 Å². The van der Waals surface area contributed by atoms with Gasteiger partial charge in [-0.3, -0.25) is 9.59 Å². The fourth-order valence-electron chi connectivity index (χ4n) is 3.63. The van der Waals surface area contributed by atoms with Gasteiger partial charge in [0.2, 0.25) is 11.8 Å². The van der Waals surface area contributed by atoms with Crippen LogP contribution in [0.15, 0.2) is 29.6 Å². The summed E-state index contributed by atoms with van der Waals surface area (Å²) in [5, 5.41) is 2.80. The zero-order valence-corrected chi connectivity index (χ0v) is 17.6. The first-order chi connectivity index (χ1) is 14.1. The Morgan fingerprint density at radius 2 is 1.79 bits per heavy atom. The number of ether oxygens (including phenoxy) is 1. The summed E-state index contributed by atoms with van der Waals surface area (Å²) in [6, 6.07) is 7.92. The lowest BCUT2D eigenvalue weighted by atomic mass is 9.84. The molecule has 154 valence electrons. The molecule has 4 rings (SSSR count). The molecular weight excluding hydrogens is 386 g/mol. The van der Waals surface area contributed by atoms with Crippen LogP contribution in [0.1, 0.15) is 35.5 Å². The Labute approximate surface area is 175 Å². The first-order valence-electron chi connectivity index (χ1n) is 10.3. The molecule has 0 unspecified atom stereocenters. The summed E-state index contributed by atoms with van der Waals surface area (Å²) in [7, 11) is 0. The number of amides is 2. The van der Waals surface area contributed by atoms with Gasteiger partial charge in [-0.25, -0.2) is 4.98 Å². The molecule has 1 saturated carbocycles. The number of carbonyl (C=O) groups is 2. The molecule has 2 aliphatic rings. The average Bonchev–Trinajstić information content (AvgIpc) is 3.13.